The fourth-order valence-electron chi connectivity index (χ4n) is 6.93. The maximum atomic E-state index is 14.2. The number of Topliss-reactive ketones (excluding diaryl/α,β-unsaturated/α-hetero) is 1. The molecule has 2 heterocycles. The Morgan fingerprint density at radius 1 is 1.00 bits per heavy atom. The predicted octanol–water partition coefficient (Wildman–Crippen LogP) is 6.89. The molecule has 2 fully saturated rings. The highest BCUT2D eigenvalue weighted by molar-refractivity contribution is 6.31. The molecular formula is C32H37Cl2F3N2O5. The molecule has 2 aromatic carbocycles. The van der Waals surface area contributed by atoms with E-state index in [1.807, 2.05) is 36.4 Å². The number of carboxylic acids is 1. The zero-order chi connectivity index (χ0) is 32.6. The van der Waals surface area contributed by atoms with Crippen LogP contribution >= 0.6 is 23.2 Å². The zero-order valence-electron chi connectivity index (χ0n) is 24.7. The number of rotatable bonds is 5. The van der Waals surface area contributed by atoms with E-state index in [1.54, 1.807) is 6.07 Å². The Hall–Kier alpha value is -2.66. The van der Waals surface area contributed by atoms with Crippen molar-refractivity contribution in [1.82, 2.24) is 5.32 Å². The number of aliphatic carboxylic acids is 1. The van der Waals surface area contributed by atoms with E-state index in [0.29, 0.717) is 28.6 Å². The number of aliphatic hydroxyl groups is 1. The minimum atomic E-state index is -5.08. The average Bonchev–Trinajstić information content (AvgIpc) is 3.38. The lowest BCUT2D eigenvalue weighted by molar-refractivity contribution is -0.192. The summed E-state index contributed by atoms with van der Waals surface area (Å²) in [5.41, 5.74) is 1.40. The van der Waals surface area contributed by atoms with Gasteiger partial charge in [0.15, 0.2) is 5.78 Å². The average molecular weight is 658 g/mol. The summed E-state index contributed by atoms with van der Waals surface area (Å²) >= 11 is 12.8. The van der Waals surface area contributed by atoms with Crippen molar-refractivity contribution >= 4 is 46.5 Å². The number of alkyl halides is 3. The van der Waals surface area contributed by atoms with Gasteiger partial charge < -0.3 is 20.8 Å². The number of carbonyl (C=O) groups excluding carboxylic acids is 2. The summed E-state index contributed by atoms with van der Waals surface area (Å²) in [5.74, 6) is -2.92. The van der Waals surface area contributed by atoms with Crippen LogP contribution in [0.3, 0.4) is 0 Å². The predicted molar refractivity (Wildman–Crippen MR) is 162 cm³/mol. The number of carbonyl (C=O) groups is 3. The molecule has 1 spiro atoms. The van der Waals surface area contributed by atoms with Gasteiger partial charge in [-0.25, -0.2) is 4.79 Å². The molecule has 3 aliphatic rings. The van der Waals surface area contributed by atoms with Gasteiger partial charge in [0.25, 0.3) is 0 Å². The molecule has 0 aromatic heterocycles. The van der Waals surface area contributed by atoms with Gasteiger partial charge in [0, 0.05) is 34.1 Å². The van der Waals surface area contributed by atoms with E-state index in [9.17, 15) is 27.9 Å². The number of fused-ring (bicyclic) bond motifs is 2. The van der Waals surface area contributed by atoms with E-state index in [0.717, 1.165) is 36.8 Å². The second-order valence-electron chi connectivity index (χ2n) is 13.2. The molecular weight excluding hydrogens is 620 g/mol. The Balaban J connectivity index is 0.000000566. The first-order chi connectivity index (χ1) is 20.4. The molecule has 12 heteroatoms. The second-order valence-corrected chi connectivity index (χ2v) is 14.0. The number of carboxylic acid groups (broad SMARTS) is 1. The molecule has 0 unspecified atom stereocenters. The third-order valence-corrected chi connectivity index (χ3v) is 9.20. The van der Waals surface area contributed by atoms with E-state index >= 15 is 0 Å². The number of aliphatic hydroxyl groups excluding tert-OH is 1. The second kappa shape index (κ2) is 13.0. The number of amides is 1. The molecule has 7 nitrogen and oxygen atoms in total. The largest absolute Gasteiger partial charge is 0.490 e. The van der Waals surface area contributed by atoms with E-state index in [4.69, 9.17) is 33.1 Å². The van der Waals surface area contributed by atoms with Gasteiger partial charge >= 0.3 is 12.1 Å². The Bertz CT molecular complexity index is 1400. The van der Waals surface area contributed by atoms with Crippen molar-refractivity contribution in [3.8, 4) is 0 Å². The van der Waals surface area contributed by atoms with Gasteiger partial charge in [-0.2, -0.15) is 13.2 Å². The summed E-state index contributed by atoms with van der Waals surface area (Å²) in [6.07, 6.45) is -1.03. The Labute approximate surface area is 264 Å². The molecule has 1 amide bonds. The van der Waals surface area contributed by atoms with Crippen molar-refractivity contribution in [3.05, 3.63) is 63.6 Å². The van der Waals surface area contributed by atoms with Gasteiger partial charge in [-0.15, -0.1) is 0 Å². The minimum absolute atomic E-state index is 0.0869. The van der Waals surface area contributed by atoms with Crippen molar-refractivity contribution in [3.63, 3.8) is 0 Å². The van der Waals surface area contributed by atoms with Crippen LogP contribution in [0.4, 0.5) is 18.9 Å². The molecule has 2 aromatic rings. The van der Waals surface area contributed by atoms with E-state index in [-0.39, 0.29) is 35.2 Å². The van der Waals surface area contributed by atoms with Crippen molar-refractivity contribution < 1.29 is 37.8 Å². The van der Waals surface area contributed by atoms with Crippen LogP contribution in [0.25, 0.3) is 0 Å². The Morgan fingerprint density at radius 3 is 2.18 bits per heavy atom. The van der Waals surface area contributed by atoms with Crippen LogP contribution in [-0.2, 0) is 19.8 Å². The standard InChI is InChI=1S/C30H36Cl2N2O3.C2HF3O2/c1-29(2,3)16-25-30(22-12-9-20(32)15-23(22)33-28(30)37)26(18-5-4-6-19(31)14-18)27(34-25)24(36)13-17-7-10-21(35)11-8-17;3-2(4,5)1(6)7/h4-6,9,12,14-15,17,21,25-27,34-35H,7-8,10-11,13,16H2,1-3H3,(H,33,37);(H,6,7)/t17?,21?,25-,26+,27+,30+;/m1./s1. The number of hydrogen-bond donors (Lipinski definition) is 4. The molecule has 1 aliphatic carbocycles. The van der Waals surface area contributed by atoms with Gasteiger partial charge in [-0.3, -0.25) is 9.59 Å². The lowest BCUT2D eigenvalue weighted by Crippen LogP contribution is -2.49. The Kier molecular flexibility index (Phi) is 10.1. The lowest BCUT2D eigenvalue weighted by atomic mass is 9.62. The molecule has 1 saturated carbocycles. The van der Waals surface area contributed by atoms with Crippen molar-refractivity contribution in [2.24, 2.45) is 11.3 Å². The number of ketones is 1. The van der Waals surface area contributed by atoms with Crippen LogP contribution in [0, 0.1) is 11.3 Å². The molecule has 2 aliphatic heterocycles. The van der Waals surface area contributed by atoms with Crippen LogP contribution in [0.5, 0.6) is 0 Å². The van der Waals surface area contributed by atoms with Gasteiger partial charge in [-0.05, 0) is 78.8 Å². The first-order valence-electron chi connectivity index (χ1n) is 14.6. The van der Waals surface area contributed by atoms with Crippen LogP contribution < -0.4 is 10.6 Å². The maximum Gasteiger partial charge on any atom is 0.490 e. The summed E-state index contributed by atoms with van der Waals surface area (Å²) < 4.78 is 31.7. The van der Waals surface area contributed by atoms with Gasteiger partial charge in [0.2, 0.25) is 5.91 Å². The van der Waals surface area contributed by atoms with Gasteiger partial charge in [0.05, 0.1) is 12.1 Å². The highest BCUT2D eigenvalue weighted by Crippen LogP contribution is 2.57. The normalized spacial score (nSPS) is 28.2. The number of hydrogen-bond acceptors (Lipinski definition) is 5. The smallest absolute Gasteiger partial charge is 0.475 e. The third-order valence-electron chi connectivity index (χ3n) is 8.73. The summed E-state index contributed by atoms with van der Waals surface area (Å²) in [6.45, 7) is 6.48. The highest BCUT2D eigenvalue weighted by Gasteiger charge is 2.65. The first kappa shape index (κ1) is 34.2. The topological polar surface area (TPSA) is 116 Å². The summed E-state index contributed by atoms with van der Waals surface area (Å²) in [5, 5.41) is 25.0. The highest BCUT2D eigenvalue weighted by atomic mass is 35.5. The van der Waals surface area contributed by atoms with Crippen LogP contribution in [-0.4, -0.2) is 52.2 Å². The number of nitrogens with one attached hydrogen (secondary N) is 2. The molecule has 4 atom stereocenters. The van der Waals surface area contributed by atoms with Crippen LogP contribution in [0.2, 0.25) is 10.0 Å². The van der Waals surface area contributed by atoms with E-state index in [1.165, 1.54) is 0 Å². The van der Waals surface area contributed by atoms with E-state index < -0.39 is 29.5 Å². The van der Waals surface area contributed by atoms with Gasteiger partial charge in [-0.1, -0.05) is 62.2 Å². The number of anilines is 1. The maximum absolute atomic E-state index is 14.2. The lowest BCUT2D eigenvalue weighted by Gasteiger charge is -2.37. The van der Waals surface area contributed by atoms with Crippen molar-refractivity contribution in [2.75, 3.05) is 5.32 Å². The van der Waals surface area contributed by atoms with Crippen LogP contribution in [0.15, 0.2) is 42.5 Å². The van der Waals surface area contributed by atoms with Crippen LogP contribution in [0.1, 0.15) is 76.3 Å². The Morgan fingerprint density at radius 2 is 1.61 bits per heavy atom. The molecule has 1 saturated heterocycles. The zero-order valence-corrected chi connectivity index (χ0v) is 26.2. The van der Waals surface area contributed by atoms with Crippen molar-refractivity contribution in [2.45, 2.75) is 95.0 Å². The minimum Gasteiger partial charge on any atom is -0.475 e. The molecule has 44 heavy (non-hydrogen) atoms. The summed E-state index contributed by atoms with van der Waals surface area (Å²) in [6, 6.07) is 12.4. The van der Waals surface area contributed by atoms with Gasteiger partial charge in [0.1, 0.15) is 5.41 Å². The van der Waals surface area contributed by atoms with Crippen molar-refractivity contribution in [1.29, 1.82) is 0 Å². The molecule has 0 bridgehead atoms. The molecule has 240 valence electrons. The molecule has 4 N–H and O–H groups in total. The summed E-state index contributed by atoms with van der Waals surface area (Å²) in [4.78, 5) is 37.1. The number of benzene rings is 2. The third kappa shape index (κ3) is 7.25. The molecule has 5 rings (SSSR count). The fourth-order valence-corrected chi connectivity index (χ4v) is 7.31. The fraction of sp³-hybridized carbons (Fsp3) is 0.531. The quantitative estimate of drug-likeness (QED) is 0.279. The van der Waals surface area contributed by atoms with E-state index in [2.05, 4.69) is 31.4 Å². The molecule has 0 radical (unpaired) electrons. The number of halogens is 5. The first-order valence-corrected chi connectivity index (χ1v) is 15.3. The summed E-state index contributed by atoms with van der Waals surface area (Å²) in [7, 11) is 0. The SMILES string of the molecule is CC(C)(C)C[C@H]1N[C@@H](C(=O)CC2CCC(O)CC2)[C@H](c2cccc(Cl)c2)[C@@]12C(=O)Nc1cc(Cl)ccc12.O=C(O)C(F)(F)F. The monoisotopic (exact) mass is 656 g/mol.